The van der Waals surface area contributed by atoms with Crippen molar-refractivity contribution in [3.05, 3.63) is 41.2 Å². The molecule has 0 N–H and O–H groups in total. The molecule has 0 saturated carbocycles. The minimum Gasteiger partial charge on any atom is -0.469 e. The lowest BCUT2D eigenvalue weighted by Gasteiger charge is -2.13. The summed E-state index contributed by atoms with van der Waals surface area (Å²) in [5.41, 5.74) is 0.725. The van der Waals surface area contributed by atoms with Crippen molar-refractivity contribution in [1.82, 2.24) is 4.98 Å². The lowest BCUT2D eigenvalue weighted by atomic mass is 9.99. The van der Waals surface area contributed by atoms with Gasteiger partial charge in [-0.15, -0.1) is 6.58 Å². The van der Waals surface area contributed by atoms with E-state index in [2.05, 4.69) is 27.5 Å². The fraction of sp³-hybridized carbons (Fsp3) is 0.333. The summed E-state index contributed by atoms with van der Waals surface area (Å²) in [5.74, 6) is -0.576. The summed E-state index contributed by atoms with van der Waals surface area (Å²) in [7, 11) is 1.39. The molecule has 0 saturated heterocycles. The number of allylic oxidation sites excluding steroid dienone is 1. The fourth-order valence-electron chi connectivity index (χ4n) is 1.43. The highest BCUT2D eigenvalue weighted by Crippen LogP contribution is 2.22. The van der Waals surface area contributed by atoms with E-state index in [1.807, 2.05) is 18.2 Å². The second-order valence-electron chi connectivity index (χ2n) is 3.33. The molecule has 0 aromatic carbocycles. The van der Waals surface area contributed by atoms with Crippen LogP contribution in [0.25, 0.3) is 0 Å². The third-order valence-electron chi connectivity index (χ3n) is 2.24. The monoisotopic (exact) mass is 283 g/mol. The van der Waals surface area contributed by atoms with Crippen LogP contribution >= 0.6 is 15.9 Å². The zero-order chi connectivity index (χ0) is 12.0. The number of esters is 1. The Hall–Kier alpha value is -1.16. The highest BCUT2D eigenvalue weighted by molar-refractivity contribution is 9.10. The smallest absolute Gasteiger partial charge is 0.314 e. The van der Waals surface area contributed by atoms with Gasteiger partial charge in [-0.2, -0.15) is 0 Å². The Morgan fingerprint density at radius 2 is 2.44 bits per heavy atom. The second-order valence-corrected chi connectivity index (χ2v) is 4.14. The van der Waals surface area contributed by atoms with Crippen molar-refractivity contribution in [2.75, 3.05) is 7.11 Å². The Morgan fingerprint density at radius 1 is 1.69 bits per heavy atom. The maximum Gasteiger partial charge on any atom is 0.314 e. The van der Waals surface area contributed by atoms with Crippen molar-refractivity contribution < 1.29 is 9.53 Å². The van der Waals surface area contributed by atoms with E-state index in [-0.39, 0.29) is 11.9 Å². The van der Waals surface area contributed by atoms with Crippen LogP contribution in [0.5, 0.6) is 0 Å². The first-order valence-corrected chi connectivity index (χ1v) is 5.79. The summed E-state index contributed by atoms with van der Waals surface area (Å²) in [6, 6.07) is 5.51. The summed E-state index contributed by atoms with van der Waals surface area (Å²) < 4.78 is 5.50. The third kappa shape index (κ3) is 3.45. The van der Waals surface area contributed by atoms with Crippen LogP contribution < -0.4 is 0 Å². The summed E-state index contributed by atoms with van der Waals surface area (Å²) in [6.07, 6.45) is 3.21. The Bertz CT molecular complexity index is 379. The van der Waals surface area contributed by atoms with Crippen LogP contribution in [0.15, 0.2) is 35.5 Å². The van der Waals surface area contributed by atoms with Gasteiger partial charge in [-0.05, 0) is 40.9 Å². The molecule has 0 amide bonds. The van der Waals surface area contributed by atoms with Gasteiger partial charge in [-0.25, -0.2) is 4.98 Å². The van der Waals surface area contributed by atoms with Crippen molar-refractivity contribution in [2.24, 2.45) is 0 Å². The maximum atomic E-state index is 11.6. The molecule has 86 valence electrons. The van der Waals surface area contributed by atoms with E-state index >= 15 is 0 Å². The largest absolute Gasteiger partial charge is 0.469 e. The average molecular weight is 284 g/mol. The third-order valence-corrected chi connectivity index (χ3v) is 2.68. The molecule has 4 heteroatoms. The van der Waals surface area contributed by atoms with Crippen LogP contribution in [0.3, 0.4) is 0 Å². The number of halogens is 1. The van der Waals surface area contributed by atoms with E-state index in [9.17, 15) is 4.79 Å². The van der Waals surface area contributed by atoms with E-state index in [0.29, 0.717) is 6.42 Å². The first-order chi connectivity index (χ1) is 7.69. The number of carbonyl (C=O) groups excluding carboxylic acids is 1. The molecule has 3 nitrogen and oxygen atoms in total. The topological polar surface area (TPSA) is 39.2 Å². The lowest BCUT2D eigenvalue weighted by molar-refractivity contribution is -0.142. The first-order valence-electron chi connectivity index (χ1n) is 5.00. The molecule has 1 rings (SSSR count). The van der Waals surface area contributed by atoms with E-state index in [0.717, 1.165) is 16.7 Å². The minimum atomic E-state index is -0.319. The molecule has 0 fully saturated rings. The number of nitrogens with zero attached hydrogens (tertiary/aromatic N) is 1. The van der Waals surface area contributed by atoms with Crippen LogP contribution in [0, 0.1) is 0 Å². The maximum absolute atomic E-state index is 11.6. The van der Waals surface area contributed by atoms with Crippen molar-refractivity contribution >= 4 is 21.9 Å². The van der Waals surface area contributed by atoms with Crippen molar-refractivity contribution in [3.63, 3.8) is 0 Å². The van der Waals surface area contributed by atoms with Crippen LogP contribution in [-0.4, -0.2) is 18.1 Å². The van der Waals surface area contributed by atoms with E-state index in [1.165, 1.54) is 7.11 Å². The highest BCUT2D eigenvalue weighted by Gasteiger charge is 2.21. The van der Waals surface area contributed by atoms with E-state index < -0.39 is 0 Å². The summed E-state index contributed by atoms with van der Waals surface area (Å²) in [4.78, 5) is 15.9. The van der Waals surface area contributed by atoms with Crippen LogP contribution in [0.4, 0.5) is 0 Å². The molecule has 0 aliphatic carbocycles. The number of carbonyl (C=O) groups is 1. The molecule has 1 aromatic rings. The summed E-state index contributed by atoms with van der Waals surface area (Å²) in [6.45, 7) is 3.65. The van der Waals surface area contributed by atoms with Crippen molar-refractivity contribution in [1.29, 1.82) is 0 Å². The van der Waals surface area contributed by atoms with Gasteiger partial charge >= 0.3 is 5.97 Å². The number of rotatable bonds is 5. The number of ether oxygens (including phenoxy) is 1. The molecular weight excluding hydrogens is 270 g/mol. The molecule has 1 heterocycles. The number of methoxy groups -OCH3 is 1. The Kier molecular flexibility index (Phi) is 5.19. The average Bonchev–Trinajstić information content (AvgIpc) is 2.29. The highest BCUT2D eigenvalue weighted by atomic mass is 79.9. The van der Waals surface area contributed by atoms with Gasteiger partial charge in [0.15, 0.2) is 0 Å². The Labute approximate surface area is 104 Å². The Morgan fingerprint density at radius 3 is 3.00 bits per heavy atom. The number of hydrogen-bond donors (Lipinski definition) is 0. The van der Waals surface area contributed by atoms with Gasteiger partial charge in [-0.1, -0.05) is 12.1 Å². The fourth-order valence-corrected chi connectivity index (χ4v) is 1.79. The van der Waals surface area contributed by atoms with E-state index in [1.54, 1.807) is 6.08 Å². The van der Waals surface area contributed by atoms with Crippen LogP contribution in [0.2, 0.25) is 0 Å². The molecular formula is C12H14BrNO2. The van der Waals surface area contributed by atoms with Crippen molar-refractivity contribution in [3.8, 4) is 0 Å². The summed E-state index contributed by atoms with van der Waals surface area (Å²) >= 11 is 3.29. The van der Waals surface area contributed by atoms with Gasteiger partial charge in [0.05, 0.1) is 18.7 Å². The van der Waals surface area contributed by atoms with Gasteiger partial charge in [0.25, 0.3) is 0 Å². The Balaban J connectivity index is 2.91. The van der Waals surface area contributed by atoms with Gasteiger partial charge < -0.3 is 4.74 Å². The molecule has 0 aliphatic rings. The minimum absolute atomic E-state index is 0.257. The predicted molar refractivity (Wildman–Crippen MR) is 66.1 cm³/mol. The zero-order valence-corrected chi connectivity index (χ0v) is 10.7. The molecule has 16 heavy (non-hydrogen) atoms. The normalized spacial score (nSPS) is 11.9. The molecule has 1 aromatic heterocycles. The van der Waals surface area contributed by atoms with Crippen molar-refractivity contribution in [2.45, 2.75) is 18.8 Å². The molecule has 0 aliphatic heterocycles. The molecule has 0 spiro atoms. The van der Waals surface area contributed by atoms with Crippen LogP contribution in [0.1, 0.15) is 24.5 Å². The predicted octanol–water partition coefficient (Wildman–Crippen LogP) is 3.07. The first kappa shape index (κ1) is 12.9. The number of aromatic nitrogens is 1. The molecule has 1 unspecified atom stereocenters. The van der Waals surface area contributed by atoms with Crippen LogP contribution in [-0.2, 0) is 9.53 Å². The van der Waals surface area contributed by atoms with Gasteiger partial charge in [0.2, 0.25) is 0 Å². The second kappa shape index (κ2) is 6.43. The van der Waals surface area contributed by atoms with Gasteiger partial charge in [0.1, 0.15) is 4.60 Å². The SMILES string of the molecule is C=CCCC(C(=O)OC)c1cccc(Br)n1. The lowest BCUT2D eigenvalue weighted by Crippen LogP contribution is -2.15. The molecule has 0 bridgehead atoms. The van der Waals surface area contributed by atoms with Gasteiger partial charge in [-0.3, -0.25) is 4.79 Å². The van der Waals surface area contributed by atoms with Gasteiger partial charge in [0, 0.05) is 0 Å². The summed E-state index contributed by atoms with van der Waals surface area (Å²) in [5, 5.41) is 0. The molecule has 1 atom stereocenters. The number of pyridine rings is 1. The quantitative estimate of drug-likeness (QED) is 0.474. The zero-order valence-electron chi connectivity index (χ0n) is 9.15. The number of hydrogen-bond acceptors (Lipinski definition) is 3. The molecule has 0 radical (unpaired) electrons. The van der Waals surface area contributed by atoms with E-state index in [4.69, 9.17) is 4.74 Å². The standard InChI is InChI=1S/C12H14BrNO2/c1-3-4-6-9(12(15)16-2)10-7-5-8-11(13)14-10/h3,5,7-9H,1,4,6H2,2H3.